The Hall–Kier alpha value is -1.30. The van der Waals surface area contributed by atoms with Crippen molar-refractivity contribution in [3.63, 3.8) is 0 Å². The van der Waals surface area contributed by atoms with Gasteiger partial charge in [0, 0.05) is 19.1 Å². The Morgan fingerprint density at radius 2 is 1.81 bits per heavy atom. The van der Waals surface area contributed by atoms with Gasteiger partial charge in [0.1, 0.15) is 0 Å². The van der Waals surface area contributed by atoms with Gasteiger partial charge in [-0.2, -0.15) is 0 Å². The van der Waals surface area contributed by atoms with E-state index in [1.807, 2.05) is 14.1 Å². The largest absolute Gasteiger partial charge is 0.481 e. The molecule has 6 nitrogen and oxygen atoms in total. The Kier molecular flexibility index (Phi) is 5.25. The molecule has 0 aliphatic carbocycles. The van der Waals surface area contributed by atoms with E-state index in [2.05, 4.69) is 10.2 Å². The highest BCUT2D eigenvalue weighted by Crippen LogP contribution is 2.31. The second-order valence-corrected chi connectivity index (χ2v) is 7.19. The molecule has 0 radical (unpaired) electrons. The number of likely N-dealkylation sites (tertiary alicyclic amines) is 1. The van der Waals surface area contributed by atoms with Crippen molar-refractivity contribution >= 4 is 12.0 Å². The van der Waals surface area contributed by atoms with Crippen LogP contribution in [0.5, 0.6) is 0 Å². The summed E-state index contributed by atoms with van der Waals surface area (Å²) in [4.78, 5) is 27.8. The van der Waals surface area contributed by atoms with Gasteiger partial charge < -0.3 is 20.2 Å². The van der Waals surface area contributed by atoms with Gasteiger partial charge in [-0.3, -0.25) is 4.79 Å². The van der Waals surface area contributed by atoms with Crippen LogP contribution in [0.25, 0.3) is 0 Å². The minimum Gasteiger partial charge on any atom is -0.481 e. The fourth-order valence-electron chi connectivity index (χ4n) is 2.33. The number of piperidine rings is 1. The number of carbonyl (C=O) groups excluding carboxylic acids is 1. The lowest BCUT2D eigenvalue weighted by molar-refractivity contribution is -0.150. The molecule has 0 saturated carbocycles. The van der Waals surface area contributed by atoms with E-state index in [4.69, 9.17) is 0 Å². The maximum Gasteiger partial charge on any atom is 0.317 e. The molecule has 1 unspecified atom stereocenters. The van der Waals surface area contributed by atoms with Crippen LogP contribution in [0.4, 0.5) is 4.79 Å². The molecular formula is C15H29N3O3. The van der Waals surface area contributed by atoms with Gasteiger partial charge in [-0.05, 0) is 54.6 Å². The van der Waals surface area contributed by atoms with Crippen LogP contribution >= 0.6 is 0 Å². The number of urea groups is 1. The highest BCUT2D eigenvalue weighted by atomic mass is 16.4. The number of nitrogens with zero attached hydrogens (tertiary/aromatic N) is 2. The lowest BCUT2D eigenvalue weighted by atomic mass is 9.74. The number of carbonyl (C=O) groups is 2. The van der Waals surface area contributed by atoms with Gasteiger partial charge in [0.25, 0.3) is 0 Å². The van der Waals surface area contributed by atoms with Crippen LogP contribution in [0.2, 0.25) is 0 Å². The van der Waals surface area contributed by atoms with E-state index in [1.54, 1.807) is 32.6 Å². The summed E-state index contributed by atoms with van der Waals surface area (Å²) in [6.45, 7) is 8.18. The number of nitrogens with one attached hydrogen (secondary N) is 1. The first-order valence-electron chi connectivity index (χ1n) is 7.46. The molecule has 0 aromatic carbocycles. The molecule has 2 N–H and O–H groups in total. The molecule has 21 heavy (non-hydrogen) atoms. The average Bonchev–Trinajstić information content (AvgIpc) is 2.37. The summed E-state index contributed by atoms with van der Waals surface area (Å²) < 4.78 is 0. The molecule has 6 heteroatoms. The summed E-state index contributed by atoms with van der Waals surface area (Å²) in [5.74, 6) is -0.919. The lowest BCUT2D eigenvalue weighted by Gasteiger charge is -2.42. The molecule has 1 saturated heterocycles. The normalized spacial score (nSPS) is 20.5. The van der Waals surface area contributed by atoms with E-state index >= 15 is 0 Å². The molecule has 2 amide bonds. The highest BCUT2D eigenvalue weighted by Gasteiger charge is 2.45. The maximum atomic E-state index is 12.5. The third-order valence-corrected chi connectivity index (χ3v) is 4.93. The number of rotatable bonds is 4. The monoisotopic (exact) mass is 299 g/mol. The number of carboxylic acid groups (broad SMARTS) is 1. The van der Waals surface area contributed by atoms with Gasteiger partial charge in [0.05, 0.1) is 11.0 Å². The molecule has 1 rings (SSSR count). The molecule has 1 aliphatic heterocycles. The average molecular weight is 299 g/mol. The van der Waals surface area contributed by atoms with Crippen LogP contribution in [0.3, 0.4) is 0 Å². The van der Waals surface area contributed by atoms with Crippen molar-refractivity contribution in [2.45, 2.75) is 52.1 Å². The van der Waals surface area contributed by atoms with E-state index in [-0.39, 0.29) is 6.03 Å². The first-order valence-corrected chi connectivity index (χ1v) is 7.46. The number of amides is 2. The van der Waals surface area contributed by atoms with Crippen molar-refractivity contribution < 1.29 is 14.7 Å². The minimum atomic E-state index is -1.04. The van der Waals surface area contributed by atoms with Crippen LogP contribution in [0.1, 0.15) is 40.5 Å². The van der Waals surface area contributed by atoms with E-state index in [0.29, 0.717) is 12.6 Å². The Labute approximate surface area is 127 Å². The van der Waals surface area contributed by atoms with Gasteiger partial charge >= 0.3 is 12.0 Å². The molecule has 122 valence electrons. The Bertz CT molecular complexity index is 405. The topological polar surface area (TPSA) is 72.9 Å². The molecule has 1 atom stereocenters. The van der Waals surface area contributed by atoms with Crippen molar-refractivity contribution in [1.82, 2.24) is 15.1 Å². The molecule has 0 aromatic rings. The van der Waals surface area contributed by atoms with Crippen molar-refractivity contribution in [2.75, 3.05) is 27.2 Å². The SMILES string of the molecule is CN(C)C1CCCN(C(=O)NC(C)(C)C(C)(C)C(=O)O)C1. The molecule has 0 spiro atoms. The number of hydrogen-bond donors (Lipinski definition) is 2. The van der Waals surface area contributed by atoms with Crippen molar-refractivity contribution in [1.29, 1.82) is 0 Å². The van der Waals surface area contributed by atoms with Crippen LogP contribution in [-0.2, 0) is 4.79 Å². The number of carboxylic acids is 1. The van der Waals surface area contributed by atoms with E-state index in [0.717, 1.165) is 19.4 Å². The van der Waals surface area contributed by atoms with Gasteiger partial charge in [-0.1, -0.05) is 0 Å². The quantitative estimate of drug-likeness (QED) is 0.827. The van der Waals surface area contributed by atoms with E-state index < -0.39 is 16.9 Å². The summed E-state index contributed by atoms with van der Waals surface area (Å²) in [5.41, 5.74) is -1.87. The zero-order valence-electron chi connectivity index (χ0n) is 14.1. The predicted molar refractivity (Wildman–Crippen MR) is 82.3 cm³/mol. The fraction of sp³-hybridized carbons (Fsp3) is 0.867. The summed E-state index contributed by atoms with van der Waals surface area (Å²) in [7, 11) is 4.03. The Morgan fingerprint density at radius 3 is 2.29 bits per heavy atom. The van der Waals surface area contributed by atoms with Gasteiger partial charge in [0.15, 0.2) is 0 Å². The van der Waals surface area contributed by atoms with Gasteiger partial charge in [-0.25, -0.2) is 4.79 Å². The first kappa shape index (κ1) is 17.8. The van der Waals surface area contributed by atoms with Crippen LogP contribution < -0.4 is 5.32 Å². The number of hydrogen-bond acceptors (Lipinski definition) is 3. The number of aliphatic carboxylic acids is 1. The van der Waals surface area contributed by atoms with E-state index in [1.165, 1.54) is 0 Å². The van der Waals surface area contributed by atoms with Crippen LogP contribution in [0.15, 0.2) is 0 Å². The zero-order chi connectivity index (χ0) is 16.4. The third kappa shape index (κ3) is 3.87. The van der Waals surface area contributed by atoms with Gasteiger partial charge in [0.2, 0.25) is 0 Å². The highest BCUT2D eigenvalue weighted by molar-refractivity contribution is 5.79. The third-order valence-electron chi connectivity index (χ3n) is 4.93. The molecular weight excluding hydrogens is 270 g/mol. The molecule has 0 bridgehead atoms. The lowest BCUT2D eigenvalue weighted by Crippen LogP contribution is -2.61. The van der Waals surface area contributed by atoms with E-state index in [9.17, 15) is 14.7 Å². The predicted octanol–water partition coefficient (Wildman–Crippen LogP) is 1.61. The summed E-state index contributed by atoms with van der Waals surface area (Å²) in [5, 5.41) is 12.2. The Morgan fingerprint density at radius 1 is 1.24 bits per heavy atom. The van der Waals surface area contributed by atoms with Crippen molar-refractivity contribution in [2.24, 2.45) is 5.41 Å². The van der Waals surface area contributed by atoms with Gasteiger partial charge in [-0.15, -0.1) is 0 Å². The zero-order valence-corrected chi connectivity index (χ0v) is 14.1. The maximum absolute atomic E-state index is 12.5. The molecule has 1 heterocycles. The second-order valence-electron chi connectivity index (χ2n) is 7.19. The number of likely N-dealkylation sites (N-methyl/N-ethyl adjacent to an activating group) is 1. The molecule has 1 aliphatic rings. The summed E-state index contributed by atoms with van der Waals surface area (Å²) in [6.07, 6.45) is 2.06. The fourth-order valence-corrected chi connectivity index (χ4v) is 2.33. The Balaban J connectivity index is 2.74. The second kappa shape index (κ2) is 6.22. The van der Waals surface area contributed by atoms with Crippen molar-refractivity contribution in [3.8, 4) is 0 Å². The van der Waals surface area contributed by atoms with Crippen LogP contribution in [-0.4, -0.2) is 65.7 Å². The summed E-state index contributed by atoms with van der Waals surface area (Å²) >= 11 is 0. The minimum absolute atomic E-state index is 0.180. The molecule has 0 aromatic heterocycles. The molecule has 1 fully saturated rings. The standard InChI is InChI=1S/C15H29N3O3/c1-14(2,12(19)20)15(3,4)16-13(21)18-9-7-8-11(10-18)17(5)6/h11H,7-10H2,1-6H3,(H,16,21)(H,19,20). The van der Waals surface area contributed by atoms with Crippen LogP contribution in [0, 0.1) is 5.41 Å². The first-order chi connectivity index (χ1) is 9.49. The van der Waals surface area contributed by atoms with Crippen molar-refractivity contribution in [3.05, 3.63) is 0 Å². The summed E-state index contributed by atoms with van der Waals surface area (Å²) in [6, 6.07) is 0.181. The smallest absolute Gasteiger partial charge is 0.317 e.